The van der Waals surface area contributed by atoms with E-state index in [0.717, 1.165) is 0 Å². The van der Waals surface area contributed by atoms with Gasteiger partial charge in [-0.2, -0.15) is 0 Å². The zero-order valence-electron chi connectivity index (χ0n) is 12.3. The van der Waals surface area contributed by atoms with E-state index in [1.54, 1.807) is 24.3 Å². The highest BCUT2D eigenvalue weighted by Gasteiger charge is 2.02. The lowest BCUT2D eigenvalue weighted by atomic mass is 9.98. The third kappa shape index (κ3) is 14.2. The van der Waals surface area contributed by atoms with Crippen molar-refractivity contribution >= 4 is 0 Å². The van der Waals surface area contributed by atoms with Crippen LogP contribution in [0.15, 0.2) is 24.3 Å². The van der Waals surface area contributed by atoms with Crippen molar-refractivity contribution in [1.29, 1.82) is 0 Å². The Morgan fingerprint density at radius 2 is 0.778 bits per heavy atom. The summed E-state index contributed by atoms with van der Waals surface area (Å²) >= 11 is 0. The van der Waals surface area contributed by atoms with Crippen molar-refractivity contribution in [3.05, 3.63) is 24.3 Å². The highest BCUT2D eigenvalue weighted by molar-refractivity contribution is 5.32. The van der Waals surface area contributed by atoms with Gasteiger partial charge in [0.2, 0.25) is 0 Å². The van der Waals surface area contributed by atoms with Crippen LogP contribution in [0, 0.1) is 46.4 Å². The standard InChI is InChI=1S/C18H22/c1-17(2,3)15-13-11-9-7-8-10-12-14-16-18(4,5)6/h9-12H,1-6H3/b11-9+,12-10+. The molecule has 0 rings (SSSR count). The molecule has 0 aromatic heterocycles. The van der Waals surface area contributed by atoms with Gasteiger partial charge in [0, 0.05) is 10.8 Å². The van der Waals surface area contributed by atoms with Crippen LogP contribution < -0.4 is 0 Å². The molecule has 0 radical (unpaired) electrons. The van der Waals surface area contributed by atoms with Crippen molar-refractivity contribution in [2.45, 2.75) is 41.5 Å². The number of allylic oxidation sites excluding steroid dienone is 4. The molecule has 0 heterocycles. The summed E-state index contributed by atoms with van der Waals surface area (Å²) in [5.41, 5.74) is 0.0838. The maximum absolute atomic E-state index is 3.10. The van der Waals surface area contributed by atoms with Gasteiger partial charge < -0.3 is 0 Å². The van der Waals surface area contributed by atoms with Gasteiger partial charge in [0.15, 0.2) is 0 Å². The van der Waals surface area contributed by atoms with Crippen LogP contribution >= 0.6 is 0 Å². The van der Waals surface area contributed by atoms with Crippen molar-refractivity contribution in [2.75, 3.05) is 0 Å². The summed E-state index contributed by atoms with van der Waals surface area (Å²) < 4.78 is 0. The van der Waals surface area contributed by atoms with E-state index in [1.165, 1.54) is 0 Å². The molecule has 0 aliphatic carbocycles. The van der Waals surface area contributed by atoms with Crippen LogP contribution in [0.1, 0.15) is 41.5 Å². The second-order valence-electron chi connectivity index (χ2n) is 5.99. The van der Waals surface area contributed by atoms with Crippen LogP contribution in [0.3, 0.4) is 0 Å². The first-order valence-electron chi connectivity index (χ1n) is 6.07. The predicted molar refractivity (Wildman–Crippen MR) is 80.5 cm³/mol. The Balaban J connectivity index is 4.21. The summed E-state index contributed by atoms with van der Waals surface area (Å²) in [6, 6.07) is 0. The Labute approximate surface area is 113 Å². The van der Waals surface area contributed by atoms with E-state index in [-0.39, 0.29) is 10.8 Å². The molecule has 0 aliphatic rings. The van der Waals surface area contributed by atoms with E-state index in [9.17, 15) is 0 Å². The second-order valence-corrected chi connectivity index (χ2v) is 5.99. The monoisotopic (exact) mass is 238 g/mol. The Kier molecular flexibility index (Phi) is 6.71. The third-order valence-corrected chi connectivity index (χ3v) is 1.48. The van der Waals surface area contributed by atoms with E-state index in [2.05, 4.69) is 77.1 Å². The van der Waals surface area contributed by atoms with Crippen LogP contribution in [0.25, 0.3) is 0 Å². The lowest BCUT2D eigenvalue weighted by Gasteiger charge is -2.05. The van der Waals surface area contributed by atoms with Gasteiger partial charge >= 0.3 is 0 Å². The van der Waals surface area contributed by atoms with Crippen molar-refractivity contribution in [2.24, 2.45) is 10.8 Å². The molecule has 0 nitrogen and oxygen atoms in total. The average molecular weight is 238 g/mol. The van der Waals surface area contributed by atoms with Crippen LogP contribution in [-0.4, -0.2) is 0 Å². The van der Waals surface area contributed by atoms with Gasteiger partial charge in [-0.15, -0.1) is 0 Å². The molecule has 0 saturated carbocycles. The maximum Gasteiger partial charge on any atom is 0.0233 e. The smallest absolute Gasteiger partial charge is 0.0233 e. The van der Waals surface area contributed by atoms with Gasteiger partial charge in [-0.05, 0) is 65.8 Å². The molecular formula is C18H22. The van der Waals surface area contributed by atoms with Gasteiger partial charge in [0.25, 0.3) is 0 Å². The molecule has 18 heavy (non-hydrogen) atoms. The van der Waals surface area contributed by atoms with Crippen LogP contribution in [0.2, 0.25) is 0 Å². The molecule has 0 amide bonds. The maximum atomic E-state index is 3.10. The normalized spacial score (nSPS) is 11.2. The van der Waals surface area contributed by atoms with Gasteiger partial charge in [-0.25, -0.2) is 0 Å². The molecule has 0 aliphatic heterocycles. The van der Waals surface area contributed by atoms with E-state index < -0.39 is 0 Å². The van der Waals surface area contributed by atoms with Crippen molar-refractivity contribution in [3.8, 4) is 35.5 Å². The molecule has 0 saturated heterocycles. The number of hydrogen-bond acceptors (Lipinski definition) is 0. The van der Waals surface area contributed by atoms with E-state index >= 15 is 0 Å². The summed E-state index contributed by atoms with van der Waals surface area (Å²) in [7, 11) is 0. The lowest BCUT2D eigenvalue weighted by molar-refractivity contribution is 0.570. The van der Waals surface area contributed by atoms with Crippen LogP contribution in [0.4, 0.5) is 0 Å². The van der Waals surface area contributed by atoms with E-state index in [4.69, 9.17) is 0 Å². The average Bonchev–Trinajstić information content (AvgIpc) is 2.17. The summed E-state index contributed by atoms with van der Waals surface area (Å²) in [6.07, 6.45) is 7.04. The molecular weight excluding hydrogens is 216 g/mol. The molecule has 0 heteroatoms. The Morgan fingerprint density at radius 3 is 1.06 bits per heavy atom. The minimum Gasteiger partial charge on any atom is -0.0926 e. The first-order valence-corrected chi connectivity index (χ1v) is 6.07. The largest absolute Gasteiger partial charge is 0.0926 e. The second kappa shape index (κ2) is 7.48. The fourth-order valence-corrected chi connectivity index (χ4v) is 0.779. The first kappa shape index (κ1) is 16.2. The highest BCUT2D eigenvalue weighted by Crippen LogP contribution is 2.09. The van der Waals surface area contributed by atoms with Crippen LogP contribution in [-0.2, 0) is 0 Å². The Hall–Kier alpha value is -1.84. The molecule has 0 unspecified atom stereocenters. The summed E-state index contributed by atoms with van der Waals surface area (Å²) in [4.78, 5) is 0. The molecule has 0 bridgehead atoms. The number of hydrogen-bond donors (Lipinski definition) is 0. The highest BCUT2D eigenvalue weighted by atomic mass is 14.1. The number of rotatable bonds is 0. The third-order valence-electron chi connectivity index (χ3n) is 1.48. The Morgan fingerprint density at radius 1 is 0.500 bits per heavy atom. The minimum atomic E-state index is 0.0419. The van der Waals surface area contributed by atoms with E-state index in [0.29, 0.717) is 0 Å². The lowest BCUT2D eigenvalue weighted by Crippen LogP contribution is -1.98. The van der Waals surface area contributed by atoms with Crippen LogP contribution in [0.5, 0.6) is 0 Å². The predicted octanol–water partition coefficient (Wildman–Crippen LogP) is 4.20. The summed E-state index contributed by atoms with van der Waals surface area (Å²) in [6.45, 7) is 12.5. The quantitative estimate of drug-likeness (QED) is 0.555. The Bertz CT molecular complexity index is 434. The molecule has 0 aromatic carbocycles. The topological polar surface area (TPSA) is 0 Å². The van der Waals surface area contributed by atoms with Gasteiger partial charge in [0.05, 0.1) is 0 Å². The SMILES string of the molecule is CC(C)(C)C#C/C=C/C#C/C=C/C#CC(C)(C)C. The van der Waals surface area contributed by atoms with Crippen molar-refractivity contribution in [3.63, 3.8) is 0 Å². The molecule has 0 aromatic rings. The molecule has 0 fully saturated rings. The van der Waals surface area contributed by atoms with Gasteiger partial charge in [0.1, 0.15) is 0 Å². The zero-order chi connectivity index (χ0) is 14.1. The van der Waals surface area contributed by atoms with E-state index in [1.807, 2.05) is 0 Å². The fourth-order valence-electron chi connectivity index (χ4n) is 0.779. The minimum absolute atomic E-state index is 0.0419. The zero-order valence-corrected chi connectivity index (χ0v) is 12.3. The van der Waals surface area contributed by atoms with Gasteiger partial charge in [-0.3, -0.25) is 0 Å². The molecule has 0 atom stereocenters. The molecule has 0 N–H and O–H groups in total. The molecule has 94 valence electrons. The summed E-state index contributed by atoms with van der Waals surface area (Å²) in [5.74, 6) is 17.9. The fraction of sp³-hybridized carbons (Fsp3) is 0.444. The summed E-state index contributed by atoms with van der Waals surface area (Å²) in [5, 5.41) is 0. The van der Waals surface area contributed by atoms with Gasteiger partial charge in [-0.1, -0.05) is 35.5 Å². The molecule has 0 spiro atoms. The van der Waals surface area contributed by atoms with Crippen molar-refractivity contribution in [1.82, 2.24) is 0 Å². The first-order chi connectivity index (χ1) is 8.21. The van der Waals surface area contributed by atoms with Crippen molar-refractivity contribution < 1.29 is 0 Å².